The molecular formula is C26H24N2O2S2. The van der Waals surface area contributed by atoms with E-state index in [2.05, 4.69) is 0 Å². The van der Waals surface area contributed by atoms with Crippen LogP contribution in [0.25, 0.3) is 15.9 Å². The van der Waals surface area contributed by atoms with Gasteiger partial charge in [-0.2, -0.15) is 0 Å². The predicted octanol–water partition coefficient (Wildman–Crippen LogP) is 5.92. The fraction of sp³-hybridized carbons (Fsp3) is 0.269. The molecule has 0 spiro atoms. The second-order valence-corrected chi connectivity index (χ2v) is 10.4. The number of benzene rings is 2. The first-order chi connectivity index (χ1) is 15.5. The van der Waals surface area contributed by atoms with Crippen LogP contribution in [0.3, 0.4) is 0 Å². The van der Waals surface area contributed by atoms with E-state index in [4.69, 9.17) is 4.98 Å². The topological polar surface area (TPSA) is 52.0 Å². The molecule has 162 valence electrons. The zero-order valence-electron chi connectivity index (χ0n) is 18.2. The molecule has 1 aliphatic rings. The molecule has 0 bridgehead atoms. The number of nitrogens with zero attached hydrogens (tertiary/aromatic N) is 2. The van der Waals surface area contributed by atoms with Gasteiger partial charge in [-0.3, -0.25) is 14.2 Å². The van der Waals surface area contributed by atoms with Gasteiger partial charge >= 0.3 is 0 Å². The highest BCUT2D eigenvalue weighted by molar-refractivity contribution is 7.99. The molecule has 0 fully saturated rings. The highest BCUT2D eigenvalue weighted by Gasteiger charge is 2.23. The van der Waals surface area contributed by atoms with Crippen molar-refractivity contribution in [3.63, 3.8) is 0 Å². The Morgan fingerprint density at radius 1 is 1.00 bits per heavy atom. The maximum atomic E-state index is 13.8. The van der Waals surface area contributed by atoms with Gasteiger partial charge in [-0.1, -0.05) is 59.3 Å². The van der Waals surface area contributed by atoms with E-state index in [9.17, 15) is 9.59 Å². The molecular weight excluding hydrogens is 436 g/mol. The Kier molecular flexibility index (Phi) is 5.74. The third-order valence-corrected chi connectivity index (χ3v) is 8.08. The van der Waals surface area contributed by atoms with Crippen LogP contribution in [0.4, 0.5) is 0 Å². The Labute approximate surface area is 195 Å². The molecule has 0 aliphatic heterocycles. The average molecular weight is 461 g/mol. The standard InChI is InChI=1S/C26H24N2O2S2/c1-16-7-11-18(12-8-16)21(29)15-31-26-27-24-23(20-5-3-4-6-22(20)32-24)25(30)28(26)19-13-9-17(2)10-14-19/h7-14H,3-6,15H2,1-2H3. The van der Waals surface area contributed by atoms with E-state index >= 15 is 0 Å². The van der Waals surface area contributed by atoms with Gasteiger partial charge in [0, 0.05) is 10.4 Å². The van der Waals surface area contributed by atoms with Gasteiger partial charge < -0.3 is 0 Å². The molecule has 0 atom stereocenters. The molecule has 0 amide bonds. The SMILES string of the molecule is Cc1ccc(C(=O)CSc2nc3sc4c(c3c(=O)n2-c2ccc(C)cc2)CCCC4)cc1. The van der Waals surface area contributed by atoms with Crippen molar-refractivity contribution in [3.05, 3.63) is 86.0 Å². The van der Waals surface area contributed by atoms with E-state index in [1.165, 1.54) is 28.6 Å². The predicted molar refractivity (Wildman–Crippen MR) is 133 cm³/mol. The van der Waals surface area contributed by atoms with Crippen LogP contribution in [0.2, 0.25) is 0 Å². The number of thioether (sulfide) groups is 1. The summed E-state index contributed by atoms with van der Waals surface area (Å²) in [5, 5.41) is 1.34. The summed E-state index contributed by atoms with van der Waals surface area (Å²) in [7, 11) is 0. The second kappa shape index (κ2) is 8.68. The lowest BCUT2D eigenvalue weighted by atomic mass is 9.97. The molecule has 32 heavy (non-hydrogen) atoms. The van der Waals surface area contributed by atoms with Gasteiger partial charge in [-0.25, -0.2) is 4.98 Å². The first kappa shape index (κ1) is 21.2. The number of Topliss-reactive ketones (excluding diaryl/α,β-unsaturated/α-hetero) is 1. The van der Waals surface area contributed by atoms with E-state index in [0.29, 0.717) is 10.7 Å². The minimum atomic E-state index is -0.0245. The van der Waals surface area contributed by atoms with Crippen molar-refractivity contribution in [2.24, 2.45) is 0 Å². The normalized spacial score (nSPS) is 13.3. The molecule has 0 saturated carbocycles. The lowest BCUT2D eigenvalue weighted by Gasteiger charge is -2.14. The number of aryl methyl sites for hydroxylation is 4. The van der Waals surface area contributed by atoms with Gasteiger partial charge in [0.05, 0.1) is 16.8 Å². The molecule has 4 nitrogen and oxygen atoms in total. The summed E-state index contributed by atoms with van der Waals surface area (Å²) in [6.45, 7) is 4.03. The number of aromatic nitrogens is 2. The average Bonchev–Trinajstić information content (AvgIpc) is 3.17. The summed E-state index contributed by atoms with van der Waals surface area (Å²) >= 11 is 2.98. The van der Waals surface area contributed by atoms with E-state index in [1.54, 1.807) is 15.9 Å². The number of hydrogen-bond acceptors (Lipinski definition) is 5. The molecule has 2 heterocycles. The lowest BCUT2D eigenvalue weighted by molar-refractivity contribution is 0.102. The van der Waals surface area contributed by atoms with Gasteiger partial charge in [0.25, 0.3) is 5.56 Å². The van der Waals surface area contributed by atoms with Crippen molar-refractivity contribution in [3.8, 4) is 5.69 Å². The van der Waals surface area contributed by atoms with Crippen LogP contribution in [0.1, 0.15) is 44.8 Å². The minimum Gasteiger partial charge on any atom is -0.293 e. The summed E-state index contributed by atoms with van der Waals surface area (Å²) in [4.78, 5) is 33.6. The summed E-state index contributed by atoms with van der Waals surface area (Å²) in [6.07, 6.45) is 4.25. The number of thiophene rings is 1. The first-order valence-electron chi connectivity index (χ1n) is 10.9. The fourth-order valence-corrected chi connectivity index (χ4v) is 6.37. The Morgan fingerprint density at radius 3 is 2.38 bits per heavy atom. The Balaban J connectivity index is 1.59. The molecule has 5 rings (SSSR count). The molecule has 6 heteroatoms. The van der Waals surface area contributed by atoms with Gasteiger partial charge in [-0.05, 0) is 57.2 Å². The van der Waals surface area contributed by atoms with Crippen LogP contribution in [0.15, 0.2) is 58.5 Å². The number of ketones is 1. The van der Waals surface area contributed by atoms with Crippen molar-refractivity contribution >= 4 is 39.1 Å². The molecule has 0 N–H and O–H groups in total. The van der Waals surface area contributed by atoms with Crippen LogP contribution in [-0.4, -0.2) is 21.1 Å². The highest BCUT2D eigenvalue weighted by atomic mass is 32.2. The van der Waals surface area contributed by atoms with Gasteiger partial charge in [0.2, 0.25) is 0 Å². The molecule has 2 aromatic carbocycles. The lowest BCUT2D eigenvalue weighted by Crippen LogP contribution is -2.22. The van der Waals surface area contributed by atoms with Crippen molar-refractivity contribution in [2.45, 2.75) is 44.7 Å². The molecule has 0 radical (unpaired) electrons. The van der Waals surface area contributed by atoms with E-state index < -0.39 is 0 Å². The summed E-state index contributed by atoms with van der Waals surface area (Å²) in [5.41, 5.74) is 4.88. The molecule has 0 unspecified atom stereocenters. The molecule has 2 aromatic heterocycles. The maximum absolute atomic E-state index is 13.8. The Hall–Kier alpha value is -2.70. The van der Waals surface area contributed by atoms with Crippen molar-refractivity contribution in [1.82, 2.24) is 9.55 Å². The number of hydrogen-bond donors (Lipinski definition) is 0. The van der Waals surface area contributed by atoms with E-state index in [1.807, 2.05) is 62.4 Å². The molecule has 1 aliphatic carbocycles. The summed E-state index contributed by atoms with van der Waals surface area (Å²) < 4.78 is 1.69. The van der Waals surface area contributed by atoms with Crippen molar-refractivity contribution < 1.29 is 4.79 Å². The van der Waals surface area contributed by atoms with Crippen LogP contribution >= 0.6 is 23.1 Å². The van der Waals surface area contributed by atoms with Gasteiger partial charge in [0.1, 0.15) is 4.83 Å². The first-order valence-corrected chi connectivity index (χ1v) is 12.7. The number of carbonyl (C=O) groups is 1. The quantitative estimate of drug-likeness (QED) is 0.211. The molecule has 0 saturated heterocycles. The summed E-state index contributed by atoms with van der Waals surface area (Å²) in [6, 6.07) is 15.5. The van der Waals surface area contributed by atoms with Crippen LogP contribution in [0, 0.1) is 13.8 Å². The van der Waals surface area contributed by atoms with E-state index in [-0.39, 0.29) is 17.1 Å². The Bertz CT molecular complexity index is 1370. The van der Waals surface area contributed by atoms with Gasteiger partial charge in [0.15, 0.2) is 10.9 Å². The number of fused-ring (bicyclic) bond motifs is 3. The third-order valence-electron chi connectivity index (χ3n) is 5.96. The number of carbonyl (C=O) groups excluding carboxylic acids is 1. The smallest absolute Gasteiger partial charge is 0.267 e. The minimum absolute atomic E-state index is 0.0245. The zero-order chi connectivity index (χ0) is 22.2. The highest BCUT2D eigenvalue weighted by Crippen LogP contribution is 2.35. The fourth-order valence-electron chi connectivity index (χ4n) is 4.16. The van der Waals surface area contributed by atoms with Gasteiger partial charge in [-0.15, -0.1) is 11.3 Å². The van der Waals surface area contributed by atoms with Crippen molar-refractivity contribution in [1.29, 1.82) is 0 Å². The van der Waals surface area contributed by atoms with Crippen molar-refractivity contribution in [2.75, 3.05) is 5.75 Å². The van der Waals surface area contributed by atoms with Crippen LogP contribution in [-0.2, 0) is 12.8 Å². The number of rotatable bonds is 5. The van der Waals surface area contributed by atoms with E-state index in [0.717, 1.165) is 46.3 Å². The zero-order valence-corrected chi connectivity index (χ0v) is 19.8. The molecule has 4 aromatic rings. The van der Waals surface area contributed by atoms with Crippen LogP contribution < -0.4 is 5.56 Å². The van der Waals surface area contributed by atoms with Crippen LogP contribution in [0.5, 0.6) is 0 Å². The Morgan fingerprint density at radius 2 is 1.66 bits per heavy atom. The third kappa shape index (κ3) is 3.93. The summed E-state index contributed by atoms with van der Waals surface area (Å²) in [5.74, 6) is 0.267. The monoisotopic (exact) mass is 460 g/mol. The second-order valence-electron chi connectivity index (χ2n) is 8.34. The largest absolute Gasteiger partial charge is 0.293 e. The maximum Gasteiger partial charge on any atom is 0.267 e.